The molecule has 0 heterocycles. The second kappa shape index (κ2) is 9.62. The Morgan fingerprint density at radius 2 is 2.17 bits per heavy atom. The Hall–Kier alpha value is 0.530. The molecule has 0 radical (unpaired) electrons. The number of hydrogen-bond acceptors (Lipinski definition) is 2. The maximum atomic E-state index is 3.75. The molecule has 0 aromatic heterocycles. The van der Waals surface area contributed by atoms with Gasteiger partial charge in [-0.05, 0) is 31.4 Å². The minimum atomic E-state index is 0.891. The summed E-state index contributed by atoms with van der Waals surface area (Å²) in [5.74, 6) is 1.30. The van der Waals surface area contributed by atoms with E-state index in [2.05, 4.69) is 34.1 Å². The van der Waals surface area contributed by atoms with Crippen molar-refractivity contribution in [3.8, 4) is 0 Å². The predicted molar refractivity (Wildman–Crippen MR) is 63.2 cm³/mol. The first-order valence-corrected chi connectivity index (χ1v) is 6.49. The maximum Gasteiger partial charge on any atom is 0.0265 e. The van der Waals surface area contributed by atoms with Gasteiger partial charge in [0.1, 0.15) is 0 Å². The molecule has 0 aromatic carbocycles. The highest BCUT2D eigenvalue weighted by atomic mass is 79.9. The van der Waals surface area contributed by atoms with Gasteiger partial charge < -0.3 is 5.32 Å². The topological polar surface area (TPSA) is 12.0 Å². The average Bonchev–Trinajstić information content (AvgIpc) is 2.02. The van der Waals surface area contributed by atoms with E-state index in [1.807, 2.05) is 11.8 Å². The van der Waals surface area contributed by atoms with Crippen LogP contribution in [0.1, 0.15) is 19.3 Å². The van der Waals surface area contributed by atoms with Crippen LogP contribution in [0.3, 0.4) is 0 Å². The fourth-order valence-corrected chi connectivity index (χ4v) is 1.59. The molecule has 72 valence electrons. The molecule has 0 unspecified atom stereocenters. The molecular formula is C9H18BrNS. The summed E-state index contributed by atoms with van der Waals surface area (Å²) in [4.78, 5) is 0. The van der Waals surface area contributed by atoms with E-state index < -0.39 is 0 Å². The molecule has 0 aromatic rings. The van der Waals surface area contributed by atoms with E-state index in [4.69, 9.17) is 0 Å². The van der Waals surface area contributed by atoms with E-state index in [-0.39, 0.29) is 0 Å². The van der Waals surface area contributed by atoms with E-state index >= 15 is 0 Å². The number of rotatable bonds is 8. The van der Waals surface area contributed by atoms with E-state index in [0.717, 1.165) is 17.6 Å². The molecule has 0 saturated heterocycles. The van der Waals surface area contributed by atoms with Crippen molar-refractivity contribution in [3.05, 3.63) is 11.1 Å². The van der Waals surface area contributed by atoms with Crippen molar-refractivity contribution < 1.29 is 0 Å². The van der Waals surface area contributed by atoms with E-state index in [1.54, 1.807) is 0 Å². The minimum absolute atomic E-state index is 0.891. The highest BCUT2D eigenvalue weighted by Crippen LogP contribution is 2.01. The van der Waals surface area contributed by atoms with Gasteiger partial charge in [-0.3, -0.25) is 0 Å². The number of unbranched alkanes of at least 4 members (excludes halogenated alkanes) is 2. The van der Waals surface area contributed by atoms with Crippen molar-refractivity contribution in [1.82, 2.24) is 5.32 Å². The lowest BCUT2D eigenvalue weighted by Crippen LogP contribution is -2.16. The molecule has 0 amide bonds. The van der Waals surface area contributed by atoms with Gasteiger partial charge in [0.15, 0.2) is 0 Å². The lowest BCUT2D eigenvalue weighted by Gasteiger charge is -2.02. The predicted octanol–water partition coefficient (Wildman–Crippen LogP) is 3.02. The van der Waals surface area contributed by atoms with E-state index in [9.17, 15) is 0 Å². The van der Waals surface area contributed by atoms with Gasteiger partial charge in [0.25, 0.3) is 0 Å². The summed E-state index contributed by atoms with van der Waals surface area (Å²) in [5, 5.41) is 3.31. The van der Waals surface area contributed by atoms with Gasteiger partial charge >= 0.3 is 0 Å². The summed E-state index contributed by atoms with van der Waals surface area (Å²) >= 11 is 5.24. The first-order valence-electron chi connectivity index (χ1n) is 4.30. The zero-order valence-electron chi connectivity index (χ0n) is 7.74. The van der Waals surface area contributed by atoms with Gasteiger partial charge in [-0.25, -0.2) is 0 Å². The van der Waals surface area contributed by atoms with Crippen molar-refractivity contribution in [2.45, 2.75) is 19.3 Å². The van der Waals surface area contributed by atoms with Crippen molar-refractivity contribution >= 4 is 27.7 Å². The molecule has 0 saturated carbocycles. The molecule has 0 aliphatic heterocycles. The number of thioether (sulfide) groups is 1. The molecular weight excluding hydrogens is 234 g/mol. The van der Waals surface area contributed by atoms with Gasteiger partial charge in [0, 0.05) is 11.0 Å². The van der Waals surface area contributed by atoms with Crippen molar-refractivity contribution in [1.29, 1.82) is 0 Å². The van der Waals surface area contributed by atoms with Crippen LogP contribution < -0.4 is 5.32 Å². The lowest BCUT2D eigenvalue weighted by molar-refractivity contribution is 0.648. The third kappa shape index (κ3) is 10.5. The van der Waals surface area contributed by atoms with Crippen LogP contribution >= 0.6 is 27.7 Å². The fraction of sp³-hybridized carbons (Fsp3) is 0.778. The Bertz CT molecular complexity index is 117. The van der Waals surface area contributed by atoms with Gasteiger partial charge in [-0.15, -0.1) is 0 Å². The standard InChI is InChI=1S/C9H18BrNS/c1-9(10)8-11-6-4-3-5-7-12-2/h11H,1,3-8H2,2H3. The van der Waals surface area contributed by atoms with Gasteiger partial charge in [-0.1, -0.05) is 28.9 Å². The highest BCUT2D eigenvalue weighted by molar-refractivity contribution is 9.11. The number of nitrogens with one attached hydrogen (secondary N) is 1. The van der Waals surface area contributed by atoms with Crippen LogP contribution in [0.25, 0.3) is 0 Å². The Kier molecular flexibility index (Phi) is 10.0. The Balaban J connectivity index is 2.86. The summed E-state index contributed by atoms with van der Waals surface area (Å²) in [5.41, 5.74) is 0. The van der Waals surface area contributed by atoms with Crippen LogP contribution in [0, 0.1) is 0 Å². The normalized spacial score (nSPS) is 10.2. The molecule has 0 spiro atoms. The first kappa shape index (κ1) is 12.5. The van der Waals surface area contributed by atoms with Crippen LogP contribution in [0.2, 0.25) is 0 Å². The molecule has 0 aliphatic carbocycles. The quantitative estimate of drug-likeness (QED) is 0.666. The largest absolute Gasteiger partial charge is 0.312 e. The maximum absolute atomic E-state index is 3.75. The summed E-state index contributed by atoms with van der Waals surface area (Å²) in [7, 11) is 0. The summed E-state index contributed by atoms with van der Waals surface area (Å²) in [6.45, 7) is 5.75. The van der Waals surface area contributed by atoms with Crippen LogP contribution in [0.15, 0.2) is 11.1 Å². The third-order valence-corrected chi connectivity index (χ3v) is 2.50. The fourth-order valence-electron chi connectivity index (χ4n) is 0.897. The Morgan fingerprint density at radius 3 is 2.75 bits per heavy atom. The molecule has 12 heavy (non-hydrogen) atoms. The number of hydrogen-bond donors (Lipinski definition) is 1. The second-order valence-corrected chi connectivity index (χ2v) is 4.85. The average molecular weight is 252 g/mol. The van der Waals surface area contributed by atoms with Crippen LogP contribution in [-0.2, 0) is 0 Å². The summed E-state index contributed by atoms with van der Waals surface area (Å²) < 4.78 is 1.03. The van der Waals surface area contributed by atoms with E-state index in [1.165, 1.54) is 25.0 Å². The molecule has 3 heteroatoms. The monoisotopic (exact) mass is 251 g/mol. The zero-order chi connectivity index (χ0) is 9.23. The smallest absolute Gasteiger partial charge is 0.0265 e. The van der Waals surface area contributed by atoms with Crippen molar-refractivity contribution in [2.24, 2.45) is 0 Å². The van der Waals surface area contributed by atoms with Crippen molar-refractivity contribution in [2.75, 3.05) is 25.1 Å². The number of halogens is 1. The zero-order valence-corrected chi connectivity index (χ0v) is 10.1. The highest BCUT2D eigenvalue weighted by Gasteiger charge is 1.89. The summed E-state index contributed by atoms with van der Waals surface area (Å²) in [6, 6.07) is 0. The molecule has 0 bridgehead atoms. The first-order chi connectivity index (χ1) is 5.77. The van der Waals surface area contributed by atoms with Gasteiger partial charge in [0.05, 0.1) is 0 Å². The molecule has 0 atom stereocenters. The van der Waals surface area contributed by atoms with Crippen LogP contribution in [0.4, 0.5) is 0 Å². The van der Waals surface area contributed by atoms with Crippen molar-refractivity contribution in [3.63, 3.8) is 0 Å². The molecule has 0 aliphatic rings. The van der Waals surface area contributed by atoms with Gasteiger partial charge in [0.2, 0.25) is 0 Å². The molecule has 1 nitrogen and oxygen atoms in total. The van der Waals surface area contributed by atoms with Crippen LogP contribution in [-0.4, -0.2) is 25.1 Å². The molecule has 0 fully saturated rings. The molecule has 1 N–H and O–H groups in total. The summed E-state index contributed by atoms with van der Waals surface area (Å²) in [6.07, 6.45) is 6.12. The Morgan fingerprint density at radius 1 is 1.42 bits per heavy atom. The van der Waals surface area contributed by atoms with Gasteiger partial charge in [-0.2, -0.15) is 11.8 Å². The van der Waals surface area contributed by atoms with E-state index in [0.29, 0.717) is 0 Å². The lowest BCUT2D eigenvalue weighted by atomic mass is 10.2. The SMILES string of the molecule is C=C(Br)CNCCCCCSC. The Labute approximate surface area is 88.5 Å². The van der Waals surface area contributed by atoms with Crippen LogP contribution in [0.5, 0.6) is 0 Å². The third-order valence-electron chi connectivity index (χ3n) is 1.52. The minimum Gasteiger partial charge on any atom is -0.312 e. The molecule has 0 rings (SSSR count). The second-order valence-electron chi connectivity index (χ2n) is 2.75.